The van der Waals surface area contributed by atoms with Gasteiger partial charge in [-0.2, -0.15) is 0 Å². The largest absolute Gasteiger partial charge is 0.481 e. The quantitative estimate of drug-likeness (QED) is 0.825. The molecule has 0 saturated carbocycles. The molecule has 7 heteroatoms. The molecule has 2 bridgehead atoms. The molecular weight excluding hydrogens is 314 g/mol. The van der Waals surface area contributed by atoms with E-state index in [4.69, 9.17) is 14.2 Å². The van der Waals surface area contributed by atoms with Gasteiger partial charge in [0.15, 0.2) is 11.5 Å². The lowest BCUT2D eigenvalue weighted by Gasteiger charge is -2.21. The zero-order valence-corrected chi connectivity index (χ0v) is 12.7. The van der Waals surface area contributed by atoms with Crippen LogP contribution in [0.4, 0.5) is 0 Å². The van der Waals surface area contributed by atoms with Crippen LogP contribution >= 0.6 is 0 Å². The Morgan fingerprint density at radius 2 is 2.17 bits per heavy atom. The van der Waals surface area contributed by atoms with Crippen LogP contribution in [0.2, 0.25) is 0 Å². The summed E-state index contributed by atoms with van der Waals surface area (Å²) in [5.74, 6) is -1.22. The van der Waals surface area contributed by atoms with Gasteiger partial charge in [0.05, 0.1) is 18.6 Å². The van der Waals surface area contributed by atoms with Crippen molar-refractivity contribution in [1.29, 1.82) is 0 Å². The zero-order valence-electron chi connectivity index (χ0n) is 12.7. The van der Waals surface area contributed by atoms with Gasteiger partial charge >= 0.3 is 5.97 Å². The lowest BCUT2D eigenvalue weighted by atomic mass is 9.77. The van der Waals surface area contributed by atoms with E-state index in [1.54, 1.807) is 11.0 Å². The smallest absolute Gasteiger partial charge is 0.310 e. The molecule has 4 aliphatic heterocycles. The molecule has 2 fully saturated rings. The Balaban J connectivity index is 1.42. The van der Waals surface area contributed by atoms with E-state index >= 15 is 0 Å². The van der Waals surface area contributed by atoms with Crippen LogP contribution in [0, 0.1) is 11.8 Å². The highest BCUT2D eigenvalue weighted by Crippen LogP contribution is 2.52. The SMILES string of the molecule is O=C(O)[C@H]1[C@@H]2C=C[C@]3(CN(Cc4ccc5c(c4)OCO5)C(=O)[C@H]13)O2. The van der Waals surface area contributed by atoms with Gasteiger partial charge in [-0.15, -0.1) is 0 Å². The standard InChI is InChI=1S/C17H15NO6/c19-15-14-13(16(20)21)11-3-4-17(14,24-11)7-18(15)6-9-1-2-10-12(5-9)23-8-22-10/h1-5,11,13-14H,6-8H2,(H,20,21)/t11-,13-,14-,17+/m0/s1. The fraction of sp³-hybridized carbons (Fsp3) is 0.412. The number of carbonyl (C=O) groups excluding carboxylic acids is 1. The number of fused-ring (bicyclic) bond motifs is 2. The summed E-state index contributed by atoms with van der Waals surface area (Å²) in [6.07, 6.45) is 3.13. The highest BCUT2D eigenvalue weighted by Gasteiger charge is 2.66. The number of aliphatic carboxylic acids is 1. The molecular formula is C17H15NO6. The first kappa shape index (κ1) is 13.9. The predicted molar refractivity (Wildman–Crippen MR) is 79.3 cm³/mol. The van der Waals surface area contributed by atoms with Gasteiger partial charge in [0.2, 0.25) is 12.7 Å². The Morgan fingerprint density at radius 1 is 1.33 bits per heavy atom. The van der Waals surface area contributed by atoms with Crippen LogP contribution in [0.1, 0.15) is 5.56 Å². The van der Waals surface area contributed by atoms with Crippen molar-refractivity contribution in [2.75, 3.05) is 13.3 Å². The second kappa shape index (κ2) is 4.51. The second-order valence-electron chi connectivity index (χ2n) is 6.62. The summed E-state index contributed by atoms with van der Waals surface area (Å²) in [4.78, 5) is 26.0. The Hall–Kier alpha value is -2.54. The Kier molecular flexibility index (Phi) is 2.60. The summed E-state index contributed by atoms with van der Waals surface area (Å²) >= 11 is 0. The van der Waals surface area contributed by atoms with E-state index in [1.165, 1.54) is 0 Å². The monoisotopic (exact) mass is 329 g/mol. The van der Waals surface area contributed by atoms with Crippen LogP contribution in [0.15, 0.2) is 30.4 Å². The average molecular weight is 329 g/mol. The molecule has 2 saturated heterocycles. The molecule has 0 aliphatic carbocycles. The van der Waals surface area contributed by atoms with E-state index in [-0.39, 0.29) is 12.7 Å². The van der Waals surface area contributed by atoms with Gasteiger partial charge in [0.25, 0.3) is 0 Å². The summed E-state index contributed by atoms with van der Waals surface area (Å²) in [7, 11) is 0. The van der Waals surface area contributed by atoms with E-state index in [9.17, 15) is 14.7 Å². The third kappa shape index (κ3) is 1.70. The highest BCUT2D eigenvalue weighted by atomic mass is 16.7. The molecule has 124 valence electrons. The first-order valence-electron chi connectivity index (χ1n) is 7.85. The molecule has 4 heterocycles. The molecule has 1 N–H and O–H groups in total. The van der Waals surface area contributed by atoms with Gasteiger partial charge in [-0.1, -0.05) is 18.2 Å². The lowest BCUT2D eigenvalue weighted by molar-refractivity contribution is -0.148. The number of likely N-dealkylation sites (tertiary alicyclic amines) is 1. The van der Waals surface area contributed by atoms with Gasteiger partial charge < -0.3 is 24.2 Å². The number of hydrogen-bond acceptors (Lipinski definition) is 5. The third-order valence-electron chi connectivity index (χ3n) is 5.27. The first-order valence-corrected chi connectivity index (χ1v) is 7.85. The Bertz CT molecular complexity index is 789. The number of carboxylic acids is 1. The zero-order chi connectivity index (χ0) is 16.5. The topological polar surface area (TPSA) is 85.3 Å². The summed E-state index contributed by atoms with van der Waals surface area (Å²) < 4.78 is 16.5. The number of carboxylic acid groups (broad SMARTS) is 1. The Morgan fingerprint density at radius 3 is 3.00 bits per heavy atom. The van der Waals surface area contributed by atoms with Crippen molar-refractivity contribution in [1.82, 2.24) is 4.90 Å². The molecule has 24 heavy (non-hydrogen) atoms. The van der Waals surface area contributed by atoms with Crippen LogP contribution in [-0.2, 0) is 20.9 Å². The summed E-state index contributed by atoms with van der Waals surface area (Å²) in [5.41, 5.74) is 0.121. The van der Waals surface area contributed by atoms with Gasteiger partial charge in [-0.3, -0.25) is 9.59 Å². The molecule has 1 aromatic carbocycles. The summed E-state index contributed by atoms with van der Waals surface area (Å²) in [5, 5.41) is 9.46. The van der Waals surface area contributed by atoms with E-state index in [0.29, 0.717) is 24.6 Å². The number of amides is 1. The minimum atomic E-state index is -0.977. The van der Waals surface area contributed by atoms with Crippen molar-refractivity contribution in [3.05, 3.63) is 35.9 Å². The van der Waals surface area contributed by atoms with Gasteiger partial charge in [-0.05, 0) is 17.7 Å². The Labute approximate surface area is 137 Å². The van der Waals surface area contributed by atoms with E-state index in [0.717, 1.165) is 5.56 Å². The normalized spacial score (nSPS) is 34.9. The van der Waals surface area contributed by atoms with E-state index in [2.05, 4.69) is 0 Å². The maximum Gasteiger partial charge on any atom is 0.310 e. The minimum absolute atomic E-state index is 0.160. The van der Waals surface area contributed by atoms with Gasteiger partial charge in [-0.25, -0.2) is 0 Å². The van der Waals surface area contributed by atoms with Crippen molar-refractivity contribution in [2.24, 2.45) is 11.8 Å². The van der Waals surface area contributed by atoms with Crippen molar-refractivity contribution in [3.63, 3.8) is 0 Å². The van der Waals surface area contributed by atoms with E-state index < -0.39 is 29.5 Å². The van der Waals surface area contributed by atoms with Crippen molar-refractivity contribution < 1.29 is 28.9 Å². The van der Waals surface area contributed by atoms with Crippen LogP contribution < -0.4 is 9.47 Å². The summed E-state index contributed by atoms with van der Waals surface area (Å²) in [6, 6.07) is 5.55. The van der Waals surface area contributed by atoms with Crippen LogP contribution in [0.3, 0.4) is 0 Å². The van der Waals surface area contributed by atoms with Gasteiger partial charge in [0, 0.05) is 6.54 Å². The number of rotatable bonds is 3. The van der Waals surface area contributed by atoms with Crippen LogP contribution in [-0.4, -0.2) is 46.9 Å². The fourth-order valence-electron chi connectivity index (χ4n) is 4.25. The van der Waals surface area contributed by atoms with Crippen LogP contribution in [0.5, 0.6) is 11.5 Å². The molecule has 4 atom stereocenters. The molecule has 1 spiro atoms. The summed E-state index contributed by atoms with van der Waals surface area (Å²) in [6.45, 7) is 0.969. The van der Waals surface area contributed by atoms with Crippen molar-refractivity contribution in [2.45, 2.75) is 18.2 Å². The lowest BCUT2D eigenvalue weighted by Crippen LogP contribution is -2.39. The van der Waals surface area contributed by atoms with Gasteiger partial charge in [0.1, 0.15) is 11.5 Å². The van der Waals surface area contributed by atoms with E-state index in [1.807, 2.05) is 24.3 Å². The fourth-order valence-corrected chi connectivity index (χ4v) is 4.25. The molecule has 0 radical (unpaired) electrons. The highest BCUT2D eigenvalue weighted by molar-refractivity contribution is 5.90. The maximum absolute atomic E-state index is 12.8. The maximum atomic E-state index is 12.8. The number of hydrogen-bond donors (Lipinski definition) is 1. The van der Waals surface area contributed by atoms with Crippen molar-refractivity contribution in [3.8, 4) is 11.5 Å². The molecule has 5 rings (SSSR count). The third-order valence-corrected chi connectivity index (χ3v) is 5.27. The average Bonchev–Trinajstić information content (AvgIpc) is 3.28. The minimum Gasteiger partial charge on any atom is -0.481 e. The first-order chi connectivity index (χ1) is 11.6. The molecule has 7 nitrogen and oxygen atoms in total. The van der Waals surface area contributed by atoms with Crippen LogP contribution in [0.25, 0.3) is 0 Å². The molecule has 4 aliphatic rings. The number of nitrogens with zero attached hydrogens (tertiary/aromatic N) is 1. The molecule has 1 amide bonds. The number of ether oxygens (including phenoxy) is 3. The second-order valence-corrected chi connectivity index (χ2v) is 6.62. The molecule has 1 aromatic rings. The number of carbonyl (C=O) groups is 2. The number of benzene rings is 1. The van der Waals surface area contributed by atoms with Crippen molar-refractivity contribution >= 4 is 11.9 Å². The predicted octanol–water partition coefficient (Wildman–Crippen LogP) is 0.782. The molecule has 0 aromatic heterocycles. The molecule has 0 unspecified atom stereocenters.